The van der Waals surface area contributed by atoms with Crippen molar-refractivity contribution in [2.24, 2.45) is 5.92 Å². The third-order valence-electron chi connectivity index (χ3n) is 3.55. The highest BCUT2D eigenvalue weighted by Gasteiger charge is 2.18. The number of hydrogen-bond acceptors (Lipinski definition) is 5. The van der Waals surface area contributed by atoms with Gasteiger partial charge in [-0.3, -0.25) is 9.48 Å². The normalized spacial score (nSPS) is 12.0. The van der Waals surface area contributed by atoms with Crippen molar-refractivity contribution in [2.45, 2.75) is 26.4 Å². The summed E-state index contributed by atoms with van der Waals surface area (Å²) in [5, 5.41) is 10.7. The first-order valence-electron chi connectivity index (χ1n) is 7.34. The average Bonchev–Trinajstić information content (AvgIpc) is 3.06. The van der Waals surface area contributed by atoms with Crippen molar-refractivity contribution in [2.75, 3.05) is 7.11 Å². The molecule has 0 fully saturated rings. The number of rotatable bonds is 6. The van der Waals surface area contributed by atoms with Gasteiger partial charge in [0.05, 0.1) is 31.5 Å². The van der Waals surface area contributed by atoms with E-state index in [9.17, 15) is 9.59 Å². The van der Waals surface area contributed by atoms with E-state index < -0.39 is 5.97 Å². The molecule has 0 radical (unpaired) electrons. The molecule has 1 N–H and O–H groups in total. The fraction of sp³-hybridized carbons (Fsp3) is 0.375. The Morgan fingerprint density at radius 2 is 1.87 bits per heavy atom. The SMILES string of the molecule is COC(=O)c1ccc(C(=O)N[C@@H](Cn2ccnn2)C(C)C)cc1. The number of aromatic nitrogens is 3. The maximum atomic E-state index is 12.4. The van der Waals surface area contributed by atoms with Gasteiger partial charge in [0.2, 0.25) is 0 Å². The maximum absolute atomic E-state index is 12.4. The molecular weight excluding hydrogens is 296 g/mol. The maximum Gasteiger partial charge on any atom is 0.337 e. The van der Waals surface area contributed by atoms with Crippen LogP contribution < -0.4 is 5.32 Å². The molecule has 2 rings (SSSR count). The molecule has 1 aromatic heterocycles. The number of nitrogens with one attached hydrogen (secondary N) is 1. The third-order valence-corrected chi connectivity index (χ3v) is 3.55. The monoisotopic (exact) mass is 316 g/mol. The molecule has 1 aromatic carbocycles. The van der Waals surface area contributed by atoms with E-state index >= 15 is 0 Å². The highest BCUT2D eigenvalue weighted by molar-refractivity contribution is 5.96. The summed E-state index contributed by atoms with van der Waals surface area (Å²) >= 11 is 0. The molecule has 122 valence electrons. The molecule has 1 atom stereocenters. The van der Waals surface area contributed by atoms with Crippen LogP contribution in [0.15, 0.2) is 36.7 Å². The van der Waals surface area contributed by atoms with E-state index in [4.69, 9.17) is 0 Å². The highest BCUT2D eigenvalue weighted by atomic mass is 16.5. The zero-order chi connectivity index (χ0) is 16.8. The van der Waals surface area contributed by atoms with Crippen molar-refractivity contribution in [1.82, 2.24) is 20.3 Å². The number of amides is 1. The van der Waals surface area contributed by atoms with E-state index in [1.54, 1.807) is 41.3 Å². The Morgan fingerprint density at radius 1 is 1.22 bits per heavy atom. The minimum atomic E-state index is -0.428. The zero-order valence-corrected chi connectivity index (χ0v) is 13.4. The lowest BCUT2D eigenvalue weighted by Crippen LogP contribution is -2.41. The highest BCUT2D eigenvalue weighted by Crippen LogP contribution is 2.09. The Kier molecular flexibility index (Phi) is 5.46. The third kappa shape index (κ3) is 4.38. The fourth-order valence-corrected chi connectivity index (χ4v) is 2.08. The quantitative estimate of drug-likeness (QED) is 0.817. The molecule has 0 spiro atoms. The van der Waals surface area contributed by atoms with Crippen molar-refractivity contribution in [1.29, 1.82) is 0 Å². The number of carbonyl (C=O) groups is 2. The van der Waals surface area contributed by atoms with Crippen molar-refractivity contribution in [3.05, 3.63) is 47.8 Å². The van der Waals surface area contributed by atoms with Gasteiger partial charge in [0.15, 0.2) is 0 Å². The van der Waals surface area contributed by atoms with Gasteiger partial charge in [-0.2, -0.15) is 0 Å². The molecule has 0 unspecified atom stereocenters. The van der Waals surface area contributed by atoms with Gasteiger partial charge in [-0.25, -0.2) is 4.79 Å². The molecule has 0 aliphatic rings. The van der Waals surface area contributed by atoms with Crippen LogP contribution in [0, 0.1) is 5.92 Å². The number of benzene rings is 1. The second kappa shape index (κ2) is 7.53. The van der Waals surface area contributed by atoms with Crippen LogP contribution in [0.3, 0.4) is 0 Å². The number of esters is 1. The van der Waals surface area contributed by atoms with Gasteiger partial charge < -0.3 is 10.1 Å². The van der Waals surface area contributed by atoms with Gasteiger partial charge in [0.1, 0.15) is 0 Å². The second-order valence-corrected chi connectivity index (χ2v) is 5.52. The largest absolute Gasteiger partial charge is 0.465 e. The van der Waals surface area contributed by atoms with E-state index in [1.807, 2.05) is 13.8 Å². The van der Waals surface area contributed by atoms with Gasteiger partial charge in [-0.1, -0.05) is 19.1 Å². The minimum absolute atomic E-state index is 0.0792. The number of ether oxygens (including phenoxy) is 1. The Bertz CT molecular complexity index is 650. The van der Waals surface area contributed by atoms with Gasteiger partial charge in [0.25, 0.3) is 5.91 Å². The van der Waals surface area contributed by atoms with Crippen molar-refractivity contribution in [3.63, 3.8) is 0 Å². The van der Waals surface area contributed by atoms with Crippen LogP contribution >= 0.6 is 0 Å². The van der Waals surface area contributed by atoms with Gasteiger partial charge in [-0.05, 0) is 30.2 Å². The summed E-state index contributed by atoms with van der Waals surface area (Å²) in [6, 6.07) is 6.28. The van der Waals surface area contributed by atoms with Crippen LogP contribution in [-0.4, -0.2) is 40.0 Å². The topological polar surface area (TPSA) is 86.1 Å². The van der Waals surface area contributed by atoms with Gasteiger partial charge in [0, 0.05) is 11.8 Å². The summed E-state index contributed by atoms with van der Waals surface area (Å²) in [5.74, 6) is -0.388. The van der Waals surface area contributed by atoms with Crippen LogP contribution in [0.1, 0.15) is 34.6 Å². The van der Waals surface area contributed by atoms with E-state index in [0.29, 0.717) is 17.7 Å². The number of methoxy groups -OCH3 is 1. The predicted molar refractivity (Wildman–Crippen MR) is 83.9 cm³/mol. The molecule has 7 nitrogen and oxygen atoms in total. The molecule has 23 heavy (non-hydrogen) atoms. The molecule has 1 heterocycles. The van der Waals surface area contributed by atoms with E-state index in [1.165, 1.54) is 7.11 Å². The standard InChI is InChI=1S/C16H20N4O3/c1-11(2)14(10-20-9-8-17-19-20)18-15(21)12-4-6-13(7-5-12)16(22)23-3/h4-9,11,14H,10H2,1-3H3,(H,18,21)/t14-/m0/s1. The summed E-state index contributed by atoms with van der Waals surface area (Å²) in [6.45, 7) is 4.61. The van der Waals surface area contributed by atoms with E-state index in [2.05, 4.69) is 20.4 Å². The molecule has 2 aromatic rings. The van der Waals surface area contributed by atoms with Crippen LogP contribution in [0.25, 0.3) is 0 Å². The number of hydrogen-bond donors (Lipinski definition) is 1. The molecule has 0 bridgehead atoms. The Hall–Kier alpha value is -2.70. The Labute approximate surface area is 134 Å². The van der Waals surface area contributed by atoms with Crippen molar-refractivity contribution < 1.29 is 14.3 Å². The molecule has 0 saturated heterocycles. The van der Waals surface area contributed by atoms with E-state index in [-0.39, 0.29) is 17.9 Å². The lowest BCUT2D eigenvalue weighted by Gasteiger charge is -2.22. The average molecular weight is 316 g/mol. The molecule has 7 heteroatoms. The Balaban J connectivity index is 2.04. The summed E-state index contributed by atoms with van der Waals surface area (Å²) in [4.78, 5) is 23.8. The molecular formula is C16H20N4O3. The smallest absolute Gasteiger partial charge is 0.337 e. The van der Waals surface area contributed by atoms with Crippen LogP contribution in [-0.2, 0) is 11.3 Å². The van der Waals surface area contributed by atoms with E-state index in [0.717, 1.165) is 0 Å². The van der Waals surface area contributed by atoms with Gasteiger partial charge >= 0.3 is 5.97 Å². The van der Waals surface area contributed by atoms with Crippen LogP contribution in [0.2, 0.25) is 0 Å². The zero-order valence-electron chi connectivity index (χ0n) is 13.4. The first kappa shape index (κ1) is 16.7. The number of nitrogens with zero attached hydrogens (tertiary/aromatic N) is 3. The summed E-state index contributed by atoms with van der Waals surface area (Å²) in [6.07, 6.45) is 3.36. The summed E-state index contributed by atoms with van der Waals surface area (Å²) in [5.41, 5.74) is 0.897. The lowest BCUT2D eigenvalue weighted by molar-refractivity contribution is 0.0600. The molecule has 0 aliphatic heterocycles. The molecule has 1 amide bonds. The first-order chi connectivity index (χ1) is 11.0. The molecule has 0 saturated carbocycles. The summed E-state index contributed by atoms with van der Waals surface area (Å²) < 4.78 is 6.32. The Morgan fingerprint density at radius 3 is 2.39 bits per heavy atom. The predicted octanol–water partition coefficient (Wildman–Crippen LogP) is 1.52. The van der Waals surface area contributed by atoms with Crippen molar-refractivity contribution >= 4 is 11.9 Å². The van der Waals surface area contributed by atoms with Gasteiger partial charge in [-0.15, -0.1) is 5.10 Å². The first-order valence-corrected chi connectivity index (χ1v) is 7.34. The second-order valence-electron chi connectivity index (χ2n) is 5.52. The fourth-order valence-electron chi connectivity index (χ4n) is 2.08. The summed E-state index contributed by atoms with van der Waals surface area (Å²) in [7, 11) is 1.32. The molecule has 0 aliphatic carbocycles. The van der Waals surface area contributed by atoms with Crippen LogP contribution in [0.5, 0.6) is 0 Å². The van der Waals surface area contributed by atoms with Crippen molar-refractivity contribution in [3.8, 4) is 0 Å². The van der Waals surface area contributed by atoms with Crippen LogP contribution in [0.4, 0.5) is 0 Å². The minimum Gasteiger partial charge on any atom is -0.465 e. The number of carbonyl (C=O) groups excluding carboxylic acids is 2. The lowest BCUT2D eigenvalue weighted by atomic mass is 10.0.